The fraction of sp³-hybridized carbons (Fsp3) is 0.462. The number of aryl methyl sites for hydroxylation is 1. The van der Waals surface area contributed by atoms with E-state index in [0.29, 0.717) is 19.4 Å². The molecule has 1 fully saturated rings. The van der Waals surface area contributed by atoms with Gasteiger partial charge in [0, 0.05) is 19.2 Å². The molecule has 1 aliphatic heterocycles. The molecule has 1 N–H and O–H groups in total. The van der Waals surface area contributed by atoms with Crippen LogP contribution in [-0.2, 0) is 9.59 Å². The summed E-state index contributed by atoms with van der Waals surface area (Å²) in [6, 6.07) is 3.24. The minimum Gasteiger partial charge on any atom is -0.344 e. The summed E-state index contributed by atoms with van der Waals surface area (Å²) in [5, 5.41) is 2.75. The lowest BCUT2D eigenvalue weighted by Gasteiger charge is -2.24. The average Bonchev–Trinajstić information content (AvgIpc) is 2.50. The molecule has 5 heteroatoms. The summed E-state index contributed by atoms with van der Waals surface area (Å²) < 4.78 is 0. The van der Waals surface area contributed by atoms with E-state index in [2.05, 4.69) is 10.3 Å². The Morgan fingerprint density at radius 3 is 2.94 bits per heavy atom. The van der Waals surface area contributed by atoms with E-state index in [1.54, 1.807) is 17.2 Å². The highest BCUT2D eigenvalue weighted by Crippen LogP contribution is 2.20. The fourth-order valence-electron chi connectivity index (χ4n) is 2.12. The Hall–Kier alpha value is -1.91. The fourth-order valence-corrected chi connectivity index (χ4v) is 2.12. The highest BCUT2D eigenvalue weighted by Gasteiger charge is 2.30. The Balaban J connectivity index is 2.34. The topological polar surface area (TPSA) is 62.3 Å². The van der Waals surface area contributed by atoms with Crippen molar-refractivity contribution in [3.63, 3.8) is 0 Å². The van der Waals surface area contributed by atoms with E-state index >= 15 is 0 Å². The van der Waals surface area contributed by atoms with Gasteiger partial charge >= 0.3 is 0 Å². The first kappa shape index (κ1) is 12.5. The third kappa shape index (κ3) is 2.34. The Morgan fingerprint density at radius 1 is 1.50 bits per heavy atom. The molecule has 5 nitrogen and oxygen atoms in total. The summed E-state index contributed by atoms with van der Waals surface area (Å²) in [5.74, 6) is -0.126. The van der Waals surface area contributed by atoms with Crippen molar-refractivity contribution in [3.05, 3.63) is 24.0 Å². The third-order valence-electron chi connectivity index (χ3n) is 3.14. The third-order valence-corrected chi connectivity index (χ3v) is 3.14. The molecule has 1 saturated heterocycles. The maximum atomic E-state index is 12.4. The molecule has 18 heavy (non-hydrogen) atoms. The van der Waals surface area contributed by atoms with Crippen LogP contribution >= 0.6 is 0 Å². The van der Waals surface area contributed by atoms with Crippen LogP contribution in [0.25, 0.3) is 0 Å². The first-order chi connectivity index (χ1) is 8.63. The Kier molecular flexibility index (Phi) is 3.60. The first-order valence-corrected chi connectivity index (χ1v) is 6.16. The number of carbonyl (C=O) groups is 2. The van der Waals surface area contributed by atoms with Gasteiger partial charge in [-0.1, -0.05) is 6.92 Å². The number of nitrogens with zero attached hydrogens (tertiary/aromatic N) is 2. The number of aromatic nitrogens is 1. The molecule has 96 valence electrons. The monoisotopic (exact) mass is 247 g/mol. The van der Waals surface area contributed by atoms with Gasteiger partial charge in [-0.3, -0.25) is 14.6 Å². The van der Waals surface area contributed by atoms with E-state index in [1.165, 1.54) is 0 Å². The molecule has 2 heterocycles. The maximum Gasteiger partial charge on any atom is 0.249 e. The standard InChI is InChI=1S/C13H17N3O2/c1-3-10-13(18)16(8-6-12(17)15-10)11-5-4-7-14-9(11)2/h4-5,7,10H,3,6,8H2,1-2H3,(H,15,17). The predicted molar refractivity (Wildman–Crippen MR) is 68.2 cm³/mol. The predicted octanol–water partition coefficient (Wildman–Crippen LogP) is 1.02. The van der Waals surface area contributed by atoms with Crippen LogP contribution in [0.4, 0.5) is 5.69 Å². The second-order valence-electron chi connectivity index (χ2n) is 4.38. The Morgan fingerprint density at radius 2 is 2.28 bits per heavy atom. The number of nitrogens with one attached hydrogen (secondary N) is 1. The summed E-state index contributed by atoms with van der Waals surface area (Å²) in [7, 11) is 0. The van der Waals surface area contributed by atoms with Crippen LogP contribution in [0.1, 0.15) is 25.5 Å². The number of pyridine rings is 1. The number of amides is 2. The molecule has 2 amide bonds. The van der Waals surface area contributed by atoms with Crippen LogP contribution in [0.5, 0.6) is 0 Å². The summed E-state index contributed by atoms with van der Waals surface area (Å²) in [6.07, 6.45) is 2.62. The van der Waals surface area contributed by atoms with Crippen molar-refractivity contribution >= 4 is 17.5 Å². The lowest BCUT2D eigenvalue weighted by atomic mass is 10.2. The van der Waals surface area contributed by atoms with E-state index in [-0.39, 0.29) is 11.8 Å². The second kappa shape index (κ2) is 5.16. The average molecular weight is 247 g/mol. The summed E-state index contributed by atoms with van der Waals surface area (Å²) >= 11 is 0. The number of carbonyl (C=O) groups excluding carboxylic acids is 2. The van der Waals surface area contributed by atoms with Gasteiger partial charge in [-0.25, -0.2) is 0 Å². The zero-order chi connectivity index (χ0) is 13.1. The van der Waals surface area contributed by atoms with Crippen molar-refractivity contribution in [2.24, 2.45) is 0 Å². The van der Waals surface area contributed by atoms with E-state index in [9.17, 15) is 9.59 Å². The molecule has 0 aromatic carbocycles. The molecule has 1 aromatic heterocycles. The van der Waals surface area contributed by atoms with Crippen molar-refractivity contribution in [2.45, 2.75) is 32.7 Å². The summed E-state index contributed by atoms with van der Waals surface area (Å²) in [5.41, 5.74) is 1.59. The number of hydrogen-bond acceptors (Lipinski definition) is 3. The van der Waals surface area contributed by atoms with Crippen LogP contribution in [-0.4, -0.2) is 29.4 Å². The van der Waals surface area contributed by atoms with Crippen molar-refractivity contribution in [1.29, 1.82) is 0 Å². The molecule has 0 spiro atoms. The molecule has 1 aliphatic rings. The molecule has 0 bridgehead atoms. The van der Waals surface area contributed by atoms with Gasteiger partial charge < -0.3 is 10.2 Å². The normalized spacial score (nSPS) is 20.6. The quantitative estimate of drug-likeness (QED) is 0.848. The van der Waals surface area contributed by atoms with Crippen molar-refractivity contribution in [3.8, 4) is 0 Å². The summed E-state index contributed by atoms with van der Waals surface area (Å²) in [6.45, 7) is 4.17. The largest absolute Gasteiger partial charge is 0.344 e. The second-order valence-corrected chi connectivity index (χ2v) is 4.38. The zero-order valence-electron chi connectivity index (χ0n) is 10.6. The first-order valence-electron chi connectivity index (χ1n) is 6.16. The molecule has 0 saturated carbocycles. The van der Waals surface area contributed by atoms with Gasteiger partial charge in [-0.15, -0.1) is 0 Å². The van der Waals surface area contributed by atoms with Gasteiger partial charge in [0.25, 0.3) is 0 Å². The van der Waals surface area contributed by atoms with Crippen LogP contribution < -0.4 is 10.2 Å². The van der Waals surface area contributed by atoms with Gasteiger partial charge in [0.15, 0.2) is 0 Å². The molecule has 0 aliphatic carbocycles. The van der Waals surface area contributed by atoms with E-state index in [1.807, 2.05) is 19.9 Å². The van der Waals surface area contributed by atoms with E-state index < -0.39 is 6.04 Å². The van der Waals surface area contributed by atoms with Crippen LogP contribution in [0.15, 0.2) is 18.3 Å². The zero-order valence-corrected chi connectivity index (χ0v) is 10.6. The molecule has 0 radical (unpaired) electrons. The minimum absolute atomic E-state index is 0.0561. The van der Waals surface area contributed by atoms with Crippen molar-refractivity contribution in [1.82, 2.24) is 10.3 Å². The highest BCUT2D eigenvalue weighted by molar-refractivity contribution is 6.01. The molecular weight excluding hydrogens is 230 g/mol. The van der Waals surface area contributed by atoms with Gasteiger partial charge in [0.05, 0.1) is 11.4 Å². The highest BCUT2D eigenvalue weighted by atomic mass is 16.2. The van der Waals surface area contributed by atoms with Crippen LogP contribution in [0.2, 0.25) is 0 Å². The lowest BCUT2D eigenvalue weighted by Crippen LogP contribution is -2.44. The van der Waals surface area contributed by atoms with E-state index in [4.69, 9.17) is 0 Å². The number of hydrogen-bond donors (Lipinski definition) is 1. The molecular formula is C13H17N3O2. The lowest BCUT2D eigenvalue weighted by molar-refractivity contribution is -0.125. The maximum absolute atomic E-state index is 12.4. The van der Waals surface area contributed by atoms with Gasteiger partial charge in [-0.2, -0.15) is 0 Å². The SMILES string of the molecule is CCC1NC(=O)CCN(c2cccnc2C)C1=O. The molecule has 1 aromatic rings. The Labute approximate surface area is 106 Å². The Bertz CT molecular complexity index is 473. The van der Waals surface area contributed by atoms with Crippen molar-refractivity contribution < 1.29 is 9.59 Å². The molecule has 1 atom stereocenters. The molecule has 2 rings (SSSR count). The van der Waals surface area contributed by atoms with Crippen LogP contribution in [0, 0.1) is 6.92 Å². The van der Waals surface area contributed by atoms with Crippen LogP contribution in [0.3, 0.4) is 0 Å². The minimum atomic E-state index is -0.431. The van der Waals surface area contributed by atoms with Gasteiger partial charge in [-0.05, 0) is 25.5 Å². The number of rotatable bonds is 2. The van der Waals surface area contributed by atoms with Gasteiger partial charge in [0.1, 0.15) is 6.04 Å². The van der Waals surface area contributed by atoms with E-state index in [0.717, 1.165) is 11.4 Å². The summed E-state index contributed by atoms with van der Waals surface area (Å²) in [4.78, 5) is 29.8. The van der Waals surface area contributed by atoms with Gasteiger partial charge in [0.2, 0.25) is 11.8 Å². The molecule has 1 unspecified atom stereocenters. The number of anilines is 1. The van der Waals surface area contributed by atoms with Crippen molar-refractivity contribution in [2.75, 3.05) is 11.4 Å². The smallest absolute Gasteiger partial charge is 0.249 e.